The molecule has 0 amide bonds. The van der Waals surface area contributed by atoms with Gasteiger partial charge in [0, 0.05) is 40.9 Å². The highest BCUT2D eigenvalue weighted by Crippen LogP contribution is 2.24. The minimum atomic E-state index is 0.338. The summed E-state index contributed by atoms with van der Waals surface area (Å²) in [4.78, 5) is 4.34. The maximum absolute atomic E-state index is 9.71. The van der Waals surface area contributed by atoms with Crippen molar-refractivity contribution < 1.29 is 5.11 Å². The van der Waals surface area contributed by atoms with Crippen molar-refractivity contribution in [2.45, 2.75) is 13.0 Å². The highest BCUT2D eigenvalue weighted by molar-refractivity contribution is 6.31. The molecular weight excluding hydrogens is 322 g/mol. The van der Waals surface area contributed by atoms with Gasteiger partial charge in [-0.25, -0.2) is 0 Å². The second-order valence-corrected chi connectivity index (χ2v) is 6.04. The van der Waals surface area contributed by atoms with Crippen LogP contribution in [0.4, 0.5) is 5.69 Å². The van der Waals surface area contributed by atoms with Gasteiger partial charge in [-0.1, -0.05) is 29.8 Å². The number of phenolic OH excluding ortho intramolecular Hbond substituents is 1. The molecule has 0 aliphatic carbocycles. The Hall–Kier alpha value is -2.30. The van der Waals surface area contributed by atoms with E-state index in [4.69, 9.17) is 11.6 Å². The van der Waals surface area contributed by atoms with Crippen LogP contribution in [0.25, 0.3) is 10.9 Å². The maximum atomic E-state index is 9.71. The molecule has 3 aromatic rings. The number of aromatic hydroxyl groups is 1. The third-order valence-corrected chi connectivity index (χ3v) is 4.09. The molecule has 0 unspecified atom stereocenters. The van der Waals surface area contributed by atoms with Crippen molar-refractivity contribution in [3.8, 4) is 5.75 Å². The van der Waals surface area contributed by atoms with Gasteiger partial charge >= 0.3 is 0 Å². The second kappa shape index (κ2) is 7.99. The van der Waals surface area contributed by atoms with Gasteiger partial charge in [0.25, 0.3) is 0 Å². The number of benzene rings is 2. The number of rotatable bonds is 7. The Morgan fingerprint density at radius 2 is 1.92 bits per heavy atom. The number of nitrogens with zero attached hydrogens (tertiary/aromatic N) is 1. The molecule has 1 aromatic heterocycles. The molecule has 0 saturated heterocycles. The summed E-state index contributed by atoms with van der Waals surface area (Å²) >= 11 is 6.01. The first-order chi connectivity index (χ1) is 11.7. The molecular formula is C19H20ClN3O. The van der Waals surface area contributed by atoms with Crippen molar-refractivity contribution in [2.75, 3.05) is 18.4 Å². The van der Waals surface area contributed by atoms with E-state index in [2.05, 4.69) is 15.6 Å². The van der Waals surface area contributed by atoms with Gasteiger partial charge in [-0.2, -0.15) is 0 Å². The molecule has 0 atom stereocenters. The van der Waals surface area contributed by atoms with Gasteiger partial charge in [0.2, 0.25) is 0 Å². The van der Waals surface area contributed by atoms with Crippen molar-refractivity contribution in [1.29, 1.82) is 0 Å². The fraction of sp³-hybridized carbons (Fsp3) is 0.211. The van der Waals surface area contributed by atoms with E-state index in [-0.39, 0.29) is 0 Å². The predicted molar refractivity (Wildman–Crippen MR) is 99.7 cm³/mol. The number of para-hydroxylation sites is 1. The number of hydrogen-bond donors (Lipinski definition) is 3. The molecule has 0 saturated carbocycles. The molecule has 4 nitrogen and oxygen atoms in total. The summed E-state index contributed by atoms with van der Waals surface area (Å²) < 4.78 is 0. The standard InChI is InChI=1S/C19H20ClN3O/c20-15-6-7-16-17(8-11-23-18(16)12-15)22-10-3-9-21-13-14-4-1-2-5-19(14)24/h1-2,4-8,11-12,21,24H,3,9-10,13H2,(H,22,23). The lowest BCUT2D eigenvalue weighted by Gasteiger charge is -2.10. The number of nitrogens with one attached hydrogen (secondary N) is 2. The van der Waals surface area contributed by atoms with Gasteiger partial charge in [-0.15, -0.1) is 0 Å². The molecule has 5 heteroatoms. The molecule has 0 bridgehead atoms. The average Bonchev–Trinajstić information content (AvgIpc) is 2.59. The van der Waals surface area contributed by atoms with E-state index in [1.165, 1.54) is 0 Å². The van der Waals surface area contributed by atoms with E-state index in [1.807, 2.05) is 42.5 Å². The quantitative estimate of drug-likeness (QED) is 0.564. The zero-order valence-corrected chi connectivity index (χ0v) is 14.1. The normalized spacial score (nSPS) is 10.9. The van der Waals surface area contributed by atoms with Crippen molar-refractivity contribution >= 4 is 28.2 Å². The number of anilines is 1. The molecule has 3 rings (SSSR count). The van der Waals surface area contributed by atoms with Gasteiger partial charge in [-0.05, 0) is 43.3 Å². The van der Waals surface area contributed by atoms with E-state index in [1.54, 1.807) is 12.3 Å². The Bertz CT molecular complexity index is 823. The summed E-state index contributed by atoms with van der Waals surface area (Å²) in [6.45, 7) is 2.40. The topological polar surface area (TPSA) is 57.2 Å². The van der Waals surface area contributed by atoms with Gasteiger partial charge in [0.1, 0.15) is 5.75 Å². The Morgan fingerprint density at radius 3 is 2.79 bits per heavy atom. The summed E-state index contributed by atoms with van der Waals surface area (Å²) in [6.07, 6.45) is 2.77. The second-order valence-electron chi connectivity index (χ2n) is 5.61. The van der Waals surface area contributed by atoms with Crippen molar-refractivity contribution in [1.82, 2.24) is 10.3 Å². The number of phenols is 1. The molecule has 1 heterocycles. The van der Waals surface area contributed by atoms with Crippen LogP contribution in [0, 0.1) is 0 Å². The van der Waals surface area contributed by atoms with Crippen LogP contribution in [0.3, 0.4) is 0 Å². The number of fused-ring (bicyclic) bond motifs is 1. The molecule has 2 aromatic carbocycles. The van der Waals surface area contributed by atoms with Crippen LogP contribution in [0.2, 0.25) is 5.02 Å². The predicted octanol–water partition coefficient (Wildman–Crippen LogP) is 4.19. The van der Waals surface area contributed by atoms with Crippen molar-refractivity contribution in [3.63, 3.8) is 0 Å². The van der Waals surface area contributed by atoms with Gasteiger partial charge in [-0.3, -0.25) is 4.98 Å². The van der Waals surface area contributed by atoms with E-state index < -0.39 is 0 Å². The minimum Gasteiger partial charge on any atom is -0.508 e. The van der Waals surface area contributed by atoms with Gasteiger partial charge in [0.15, 0.2) is 0 Å². The number of pyridine rings is 1. The largest absolute Gasteiger partial charge is 0.508 e. The van der Waals surface area contributed by atoms with E-state index in [0.29, 0.717) is 17.3 Å². The first kappa shape index (κ1) is 16.6. The summed E-state index contributed by atoms with van der Waals surface area (Å²) in [5.74, 6) is 0.338. The number of aromatic nitrogens is 1. The van der Waals surface area contributed by atoms with Gasteiger partial charge < -0.3 is 15.7 Å². The molecule has 0 aliphatic heterocycles. The van der Waals surface area contributed by atoms with Crippen LogP contribution in [0.1, 0.15) is 12.0 Å². The highest BCUT2D eigenvalue weighted by atomic mass is 35.5. The summed E-state index contributed by atoms with van der Waals surface area (Å²) in [5, 5.41) is 18.3. The van der Waals surface area contributed by atoms with Crippen LogP contribution in [-0.4, -0.2) is 23.2 Å². The van der Waals surface area contributed by atoms with E-state index >= 15 is 0 Å². The molecule has 0 radical (unpaired) electrons. The first-order valence-corrected chi connectivity index (χ1v) is 8.37. The number of hydrogen-bond acceptors (Lipinski definition) is 4. The molecule has 24 heavy (non-hydrogen) atoms. The summed E-state index contributed by atoms with van der Waals surface area (Å²) in [5.41, 5.74) is 2.88. The van der Waals surface area contributed by atoms with E-state index in [0.717, 1.165) is 41.7 Å². The third-order valence-electron chi connectivity index (χ3n) is 3.86. The van der Waals surface area contributed by atoms with Crippen LogP contribution in [0.5, 0.6) is 5.75 Å². The molecule has 124 valence electrons. The molecule has 0 fully saturated rings. The maximum Gasteiger partial charge on any atom is 0.120 e. The fourth-order valence-corrected chi connectivity index (χ4v) is 2.76. The monoisotopic (exact) mass is 341 g/mol. The Kier molecular flexibility index (Phi) is 5.51. The van der Waals surface area contributed by atoms with E-state index in [9.17, 15) is 5.11 Å². The van der Waals surface area contributed by atoms with Gasteiger partial charge in [0.05, 0.1) is 5.52 Å². The van der Waals surface area contributed by atoms with Crippen LogP contribution in [-0.2, 0) is 6.54 Å². The van der Waals surface area contributed by atoms with Crippen LogP contribution >= 0.6 is 11.6 Å². The molecule has 0 spiro atoms. The lowest BCUT2D eigenvalue weighted by atomic mass is 10.2. The highest BCUT2D eigenvalue weighted by Gasteiger charge is 2.02. The summed E-state index contributed by atoms with van der Waals surface area (Å²) in [6, 6.07) is 15.1. The van der Waals surface area contributed by atoms with Crippen LogP contribution in [0.15, 0.2) is 54.7 Å². The zero-order chi connectivity index (χ0) is 16.8. The molecule has 0 aliphatic rings. The lowest BCUT2D eigenvalue weighted by Crippen LogP contribution is -2.17. The number of halogens is 1. The molecule has 3 N–H and O–H groups in total. The average molecular weight is 342 g/mol. The summed E-state index contributed by atoms with van der Waals surface area (Å²) in [7, 11) is 0. The van der Waals surface area contributed by atoms with Crippen molar-refractivity contribution in [2.24, 2.45) is 0 Å². The Morgan fingerprint density at radius 1 is 1.04 bits per heavy atom. The Balaban J connectivity index is 1.46. The SMILES string of the molecule is Oc1ccccc1CNCCCNc1ccnc2cc(Cl)ccc12. The minimum absolute atomic E-state index is 0.338. The Labute approximate surface area is 146 Å². The lowest BCUT2D eigenvalue weighted by molar-refractivity contribution is 0.464. The smallest absolute Gasteiger partial charge is 0.120 e. The fourth-order valence-electron chi connectivity index (χ4n) is 2.60. The zero-order valence-electron chi connectivity index (χ0n) is 13.3. The van der Waals surface area contributed by atoms with Crippen LogP contribution < -0.4 is 10.6 Å². The van der Waals surface area contributed by atoms with Crippen molar-refractivity contribution in [3.05, 3.63) is 65.3 Å². The third kappa shape index (κ3) is 4.16. The first-order valence-electron chi connectivity index (χ1n) is 8.00.